The molecule has 0 atom stereocenters. The lowest BCUT2D eigenvalue weighted by molar-refractivity contribution is -0.117. The number of amidine groups is 1. The molecule has 0 spiro atoms. The van der Waals surface area contributed by atoms with Gasteiger partial charge in [0, 0.05) is 18.4 Å². The van der Waals surface area contributed by atoms with Crippen molar-refractivity contribution in [3.05, 3.63) is 24.3 Å². The van der Waals surface area contributed by atoms with Crippen LogP contribution in [0.15, 0.2) is 29.3 Å². The first-order valence-corrected chi connectivity index (χ1v) is 7.96. The van der Waals surface area contributed by atoms with Gasteiger partial charge in [0.2, 0.25) is 5.91 Å². The van der Waals surface area contributed by atoms with Crippen molar-refractivity contribution in [2.75, 3.05) is 11.4 Å². The van der Waals surface area contributed by atoms with Crippen LogP contribution in [0.25, 0.3) is 0 Å². The van der Waals surface area contributed by atoms with E-state index in [1.54, 1.807) is 10.4 Å². The van der Waals surface area contributed by atoms with Gasteiger partial charge in [-0.1, -0.05) is 31.9 Å². The number of carbonyl (C=O) groups excluding carboxylic acids is 2. The number of carbonyl (C=O) groups is 2. The zero-order valence-electron chi connectivity index (χ0n) is 12.7. The van der Waals surface area contributed by atoms with Crippen LogP contribution in [0.3, 0.4) is 0 Å². The summed E-state index contributed by atoms with van der Waals surface area (Å²) < 4.78 is 6.16. The highest BCUT2D eigenvalue weighted by atomic mass is 32.2. The molecule has 7 heteroatoms. The molecule has 1 aromatic rings. The number of fused-ring (bicyclic) bond motifs is 1. The minimum absolute atomic E-state index is 0.00460. The third kappa shape index (κ3) is 4.00. The van der Waals surface area contributed by atoms with E-state index in [9.17, 15) is 9.59 Å². The van der Waals surface area contributed by atoms with Gasteiger partial charge in [-0.05, 0) is 18.6 Å². The molecule has 118 valence electrons. The summed E-state index contributed by atoms with van der Waals surface area (Å²) in [6.45, 7) is 2.10. The smallest absolute Gasteiger partial charge is 0.412 e. The van der Waals surface area contributed by atoms with Crippen LogP contribution in [0.4, 0.5) is 16.2 Å². The Morgan fingerprint density at radius 2 is 2.09 bits per heavy atom. The molecular weight excluding hydrogens is 302 g/mol. The third-order valence-corrected chi connectivity index (χ3v) is 4.06. The van der Waals surface area contributed by atoms with E-state index in [-0.39, 0.29) is 5.91 Å². The van der Waals surface area contributed by atoms with Gasteiger partial charge in [0.1, 0.15) is 0 Å². The first-order valence-electron chi connectivity index (χ1n) is 7.19. The fraction of sp³-hybridized carbons (Fsp3) is 0.400. The number of para-hydroxylation sites is 2. The normalized spacial score (nSPS) is 13.2. The van der Waals surface area contributed by atoms with Crippen molar-refractivity contribution in [2.45, 2.75) is 32.6 Å². The van der Waals surface area contributed by atoms with Crippen LogP contribution in [-0.4, -0.2) is 24.3 Å². The summed E-state index contributed by atoms with van der Waals surface area (Å²) in [5, 5.41) is 2.85. The van der Waals surface area contributed by atoms with Crippen molar-refractivity contribution in [3.8, 4) is 0 Å². The van der Waals surface area contributed by atoms with Gasteiger partial charge >= 0.3 is 6.09 Å². The number of hydrogen-bond acceptors (Lipinski definition) is 5. The number of methoxy groups -OCH3 is 1. The van der Waals surface area contributed by atoms with Gasteiger partial charge in [-0.2, -0.15) is 0 Å². The fourth-order valence-electron chi connectivity index (χ4n) is 2.00. The first kappa shape index (κ1) is 16.4. The average Bonchev–Trinajstić information content (AvgIpc) is 2.54. The molecule has 0 bridgehead atoms. The summed E-state index contributed by atoms with van der Waals surface area (Å²) in [6, 6.07) is 7.35. The van der Waals surface area contributed by atoms with Gasteiger partial charge in [-0.25, -0.2) is 14.1 Å². The molecule has 6 nitrogen and oxygen atoms in total. The van der Waals surface area contributed by atoms with Crippen molar-refractivity contribution in [1.82, 2.24) is 5.32 Å². The van der Waals surface area contributed by atoms with Gasteiger partial charge in [0.15, 0.2) is 5.17 Å². The molecule has 22 heavy (non-hydrogen) atoms. The number of hydrogen-bond donors (Lipinski definition) is 1. The minimum Gasteiger partial charge on any atom is -0.453 e. The van der Waals surface area contributed by atoms with Gasteiger partial charge < -0.3 is 4.74 Å². The SMILES string of the molecule is CCCCCC(=O)N1SC(NC(=O)OC)=Nc2ccccc21. The Hall–Kier alpha value is -2.02. The standard InChI is InChI=1S/C15H19N3O3S/c1-3-4-5-10-13(19)18-12-9-7-6-8-11(12)16-14(22-18)17-15(20)21-2/h6-9H,3-5,10H2,1-2H3,(H,16,17,20). The summed E-state index contributed by atoms with van der Waals surface area (Å²) in [5.74, 6) is 0.00460. The molecule has 1 N–H and O–H groups in total. The van der Waals surface area contributed by atoms with Crippen LogP contribution < -0.4 is 9.62 Å². The van der Waals surface area contributed by atoms with E-state index in [0.29, 0.717) is 17.3 Å². The van der Waals surface area contributed by atoms with E-state index in [4.69, 9.17) is 0 Å². The minimum atomic E-state index is -0.607. The Labute approximate surface area is 134 Å². The number of anilines is 1. The largest absolute Gasteiger partial charge is 0.453 e. The zero-order chi connectivity index (χ0) is 15.9. The number of amides is 2. The van der Waals surface area contributed by atoms with E-state index >= 15 is 0 Å². The van der Waals surface area contributed by atoms with Crippen molar-refractivity contribution in [1.29, 1.82) is 0 Å². The van der Waals surface area contributed by atoms with Gasteiger partial charge in [0.05, 0.1) is 18.5 Å². The molecule has 1 aliphatic heterocycles. The number of ether oxygens (including phenoxy) is 1. The molecule has 0 saturated carbocycles. The molecule has 0 fully saturated rings. The van der Waals surface area contributed by atoms with E-state index in [1.807, 2.05) is 18.2 Å². The van der Waals surface area contributed by atoms with Crippen LogP contribution >= 0.6 is 11.9 Å². The van der Waals surface area contributed by atoms with E-state index in [0.717, 1.165) is 36.9 Å². The van der Waals surface area contributed by atoms with Crippen LogP contribution in [0, 0.1) is 0 Å². The van der Waals surface area contributed by atoms with Crippen molar-refractivity contribution in [2.24, 2.45) is 4.99 Å². The van der Waals surface area contributed by atoms with Crippen LogP contribution in [-0.2, 0) is 9.53 Å². The van der Waals surface area contributed by atoms with E-state index in [1.165, 1.54) is 7.11 Å². The highest BCUT2D eigenvalue weighted by molar-refractivity contribution is 8.15. The number of nitrogens with one attached hydrogen (secondary N) is 1. The van der Waals surface area contributed by atoms with Crippen molar-refractivity contribution >= 4 is 40.5 Å². The number of unbranched alkanes of at least 4 members (excludes halogenated alkanes) is 2. The number of aliphatic imine (C=N–C) groups is 1. The second kappa shape index (κ2) is 7.84. The average molecular weight is 321 g/mol. The van der Waals surface area contributed by atoms with Gasteiger partial charge in [0.25, 0.3) is 0 Å². The predicted octanol–water partition coefficient (Wildman–Crippen LogP) is 3.61. The lowest BCUT2D eigenvalue weighted by atomic mass is 10.2. The molecule has 2 amide bonds. The van der Waals surface area contributed by atoms with E-state index in [2.05, 4.69) is 22.0 Å². The maximum absolute atomic E-state index is 12.4. The number of rotatable bonds is 4. The fourth-order valence-corrected chi connectivity index (χ4v) is 2.88. The summed E-state index contributed by atoms with van der Waals surface area (Å²) in [6.07, 6.45) is 2.80. The molecule has 0 aliphatic carbocycles. The Morgan fingerprint density at radius 1 is 1.32 bits per heavy atom. The zero-order valence-corrected chi connectivity index (χ0v) is 13.5. The molecular formula is C15H19N3O3S. The maximum atomic E-state index is 12.4. The molecule has 0 radical (unpaired) electrons. The Kier molecular flexibility index (Phi) is 5.83. The number of nitrogens with zero attached hydrogens (tertiary/aromatic N) is 2. The molecule has 1 aliphatic rings. The van der Waals surface area contributed by atoms with Gasteiger partial charge in [-0.3, -0.25) is 10.1 Å². The van der Waals surface area contributed by atoms with Crippen LogP contribution in [0.5, 0.6) is 0 Å². The number of alkyl carbamates (subject to hydrolysis) is 1. The summed E-state index contributed by atoms with van der Waals surface area (Å²) in [4.78, 5) is 28.1. The molecule has 1 aromatic carbocycles. The van der Waals surface area contributed by atoms with Crippen molar-refractivity contribution < 1.29 is 14.3 Å². The Bertz CT molecular complexity index is 589. The second-order valence-electron chi connectivity index (χ2n) is 4.76. The quantitative estimate of drug-likeness (QED) is 0.679. The highest BCUT2D eigenvalue weighted by Gasteiger charge is 2.26. The second-order valence-corrected chi connectivity index (χ2v) is 5.69. The topological polar surface area (TPSA) is 71.0 Å². The molecule has 0 aromatic heterocycles. The number of benzene rings is 1. The third-order valence-electron chi connectivity index (χ3n) is 3.12. The van der Waals surface area contributed by atoms with Crippen LogP contribution in [0.2, 0.25) is 0 Å². The summed E-state index contributed by atoms with van der Waals surface area (Å²) in [5.41, 5.74) is 1.39. The lowest BCUT2D eigenvalue weighted by Gasteiger charge is -2.26. The van der Waals surface area contributed by atoms with E-state index < -0.39 is 6.09 Å². The lowest BCUT2D eigenvalue weighted by Crippen LogP contribution is -2.35. The highest BCUT2D eigenvalue weighted by Crippen LogP contribution is 2.38. The Balaban J connectivity index is 2.18. The summed E-state index contributed by atoms with van der Waals surface area (Å²) in [7, 11) is 1.28. The molecule has 0 saturated heterocycles. The van der Waals surface area contributed by atoms with Gasteiger partial charge in [-0.15, -0.1) is 0 Å². The molecule has 1 heterocycles. The van der Waals surface area contributed by atoms with Crippen molar-refractivity contribution in [3.63, 3.8) is 0 Å². The monoisotopic (exact) mass is 321 g/mol. The first-order chi connectivity index (χ1) is 10.7. The summed E-state index contributed by atoms with van der Waals surface area (Å²) >= 11 is 1.11. The van der Waals surface area contributed by atoms with Crippen LogP contribution in [0.1, 0.15) is 32.6 Å². The maximum Gasteiger partial charge on any atom is 0.412 e. The predicted molar refractivity (Wildman–Crippen MR) is 88.3 cm³/mol. The Morgan fingerprint density at radius 3 is 2.82 bits per heavy atom. The molecule has 0 unspecified atom stereocenters. The molecule has 2 rings (SSSR count).